The van der Waals surface area contributed by atoms with E-state index < -0.39 is 0 Å². The lowest BCUT2D eigenvalue weighted by atomic mass is 9.95. The summed E-state index contributed by atoms with van der Waals surface area (Å²) in [6.07, 6.45) is 0.473. The second kappa shape index (κ2) is 6.27. The summed E-state index contributed by atoms with van der Waals surface area (Å²) in [6.45, 7) is 4.28. The molecular weight excluding hydrogens is 212 g/mol. The Balaban J connectivity index is 3.11. The number of nitrogens with one attached hydrogen (secondary N) is 1. The molecule has 0 saturated heterocycles. The van der Waals surface area contributed by atoms with Crippen LogP contribution in [0.5, 0.6) is 5.75 Å². The molecule has 92 valence electrons. The second-order valence-electron chi connectivity index (χ2n) is 4.36. The van der Waals surface area contributed by atoms with Crippen LogP contribution in [-0.2, 0) is 0 Å². The van der Waals surface area contributed by atoms with E-state index in [1.54, 1.807) is 7.11 Å². The number of hydrogen-bond acceptors (Lipinski definition) is 3. The third-order valence-corrected chi connectivity index (χ3v) is 2.92. The van der Waals surface area contributed by atoms with Gasteiger partial charge in [-0.15, -0.1) is 0 Å². The Morgan fingerprint density at radius 2 is 2.12 bits per heavy atom. The summed E-state index contributed by atoms with van der Waals surface area (Å²) in [5.74, 6) is 1.32. The van der Waals surface area contributed by atoms with Crippen molar-refractivity contribution in [1.29, 1.82) is 5.26 Å². The van der Waals surface area contributed by atoms with Gasteiger partial charge in [-0.05, 0) is 30.2 Å². The van der Waals surface area contributed by atoms with Crippen LogP contribution in [0.3, 0.4) is 0 Å². The molecule has 0 amide bonds. The molecule has 1 aromatic carbocycles. The molecule has 0 aliphatic heterocycles. The number of nitriles is 1. The highest BCUT2D eigenvalue weighted by atomic mass is 16.5. The zero-order valence-electron chi connectivity index (χ0n) is 10.9. The van der Waals surface area contributed by atoms with Crippen molar-refractivity contribution in [3.8, 4) is 11.8 Å². The van der Waals surface area contributed by atoms with E-state index >= 15 is 0 Å². The highest BCUT2D eigenvalue weighted by molar-refractivity contribution is 5.40. The minimum atomic E-state index is 0.0865. The van der Waals surface area contributed by atoms with Gasteiger partial charge in [0.2, 0.25) is 0 Å². The smallest absolute Gasteiger partial charge is 0.122 e. The predicted octanol–water partition coefficient (Wildman–Crippen LogP) is 2.99. The van der Waals surface area contributed by atoms with Gasteiger partial charge in [0.05, 0.1) is 19.6 Å². The first-order valence-electron chi connectivity index (χ1n) is 5.86. The van der Waals surface area contributed by atoms with Crippen molar-refractivity contribution in [3.63, 3.8) is 0 Å². The van der Waals surface area contributed by atoms with E-state index in [4.69, 9.17) is 10.00 Å². The maximum atomic E-state index is 8.79. The fraction of sp³-hybridized carbons (Fsp3) is 0.500. The first-order chi connectivity index (χ1) is 8.13. The maximum absolute atomic E-state index is 8.79. The molecule has 1 unspecified atom stereocenters. The van der Waals surface area contributed by atoms with E-state index in [9.17, 15) is 0 Å². The summed E-state index contributed by atoms with van der Waals surface area (Å²) < 4.78 is 5.35. The molecule has 1 aromatic rings. The Morgan fingerprint density at radius 1 is 1.41 bits per heavy atom. The SMILES string of the molecule is CNC(CC#N)c1ccc(OC)c(C(C)C)c1. The largest absolute Gasteiger partial charge is 0.496 e. The summed E-state index contributed by atoms with van der Waals surface area (Å²) in [7, 11) is 3.56. The molecule has 17 heavy (non-hydrogen) atoms. The van der Waals surface area contributed by atoms with Crippen LogP contribution < -0.4 is 10.1 Å². The minimum Gasteiger partial charge on any atom is -0.496 e. The molecule has 0 aromatic heterocycles. The quantitative estimate of drug-likeness (QED) is 0.848. The Hall–Kier alpha value is -1.53. The normalized spacial score (nSPS) is 12.2. The Kier molecular flexibility index (Phi) is 4.99. The average molecular weight is 232 g/mol. The second-order valence-corrected chi connectivity index (χ2v) is 4.36. The summed E-state index contributed by atoms with van der Waals surface area (Å²) in [5.41, 5.74) is 2.32. The van der Waals surface area contributed by atoms with Gasteiger partial charge in [-0.25, -0.2) is 0 Å². The standard InChI is InChI=1S/C14H20N2O/c1-10(2)12-9-11(5-6-14(12)17-4)13(16-3)7-8-15/h5-6,9-10,13,16H,7H2,1-4H3. The maximum Gasteiger partial charge on any atom is 0.122 e. The van der Waals surface area contributed by atoms with Gasteiger partial charge >= 0.3 is 0 Å². The number of ether oxygens (including phenoxy) is 1. The molecule has 1 atom stereocenters. The van der Waals surface area contributed by atoms with Crippen molar-refractivity contribution >= 4 is 0 Å². The van der Waals surface area contributed by atoms with Gasteiger partial charge in [0, 0.05) is 6.04 Å². The molecule has 3 nitrogen and oxygen atoms in total. The number of nitrogens with zero attached hydrogens (tertiary/aromatic N) is 1. The lowest BCUT2D eigenvalue weighted by molar-refractivity contribution is 0.407. The fourth-order valence-electron chi connectivity index (χ4n) is 1.90. The number of benzene rings is 1. The lowest BCUT2D eigenvalue weighted by Crippen LogP contribution is -2.16. The zero-order valence-corrected chi connectivity index (χ0v) is 10.9. The van der Waals surface area contributed by atoms with Crippen LogP contribution in [0.1, 0.15) is 43.4 Å². The Morgan fingerprint density at radius 3 is 2.59 bits per heavy atom. The van der Waals surface area contributed by atoms with Crippen molar-refractivity contribution in [3.05, 3.63) is 29.3 Å². The van der Waals surface area contributed by atoms with Crippen LogP contribution in [-0.4, -0.2) is 14.2 Å². The molecule has 0 saturated carbocycles. The van der Waals surface area contributed by atoms with Crippen LogP contribution in [0.4, 0.5) is 0 Å². The lowest BCUT2D eigenvalue weighted by Gasteiger charge is -2.18. The van der Waals surface area contributed by atoms with Gasteiger partial charge in [0.25, 0.3) is 0 Å². The van der Waals surface area contributed by atoms with Crippen molar-refractivity contribution in [2.24, 2.45) is 0 Å². The molecular formula is C14H20N2O. The van der Waals surface area contributed by atoms with Crippen molar-refractivity contribution in [2.75, 3.05) is 14.2 Å². The van der Waals surface area contributed by atoms with E-state index in [2.05, 4.69) is 31.3 Å². The first kappa shape index (κ1) is 13.5. The molecule has 3 heteroatoms. The molecule has 0 fully saturated rings. The summed E-state index contributed by atoms with van der Waals surface area (Å²) >= 11 is 0. The van der Waals surface area contributed by atoms with Gasteiger partial charge in [-0.1, -0.05) is 26.0 Å². The van der Waals surface area contributed by atoms with Crippen molar-refractivity contribution in [1.82, 2.24) is 5.32 Å². The highest BCUT2D eigenvalue weighted by Crippen LogP contribution is 2.29. The third-order valence-electron chi connectivity index (χ3n) is 2.92. The zero-order chi connectivity index (χ0) is 12.8. The molecule has 0 aliphatic carbocycles. The molecule has 0 heterocycles. The number of hydrogen-bond donors (Lipinski definition) is 1. The third kappa shape index (κ3) is 3.21. The van der Waals surface area contributed by atoms with E-state index in [0.717, 1.165) is 11.3 Å². The molecule has 1 rings (SSSR count). The Labute approximate surface area is 103 Å². The van der Waals surface area contributed by atoms with Gasteiger partial charge in [-0.3, -0.25) is 0 Å². The number of methoxy groups -OCH3 is 1. The van der Waals surface area contributed by atoms with E-state index in [0.29, 0.717) is 12.3 Å². The molecule has 0 radical (unpaired) electrons. The Bertz CT molecular complexity index is 407. The topological polar surface area (TPSA) is 45.0 Å². The van der Waals surface area contributed by atoms with Crippen LogP contribution >= 0.6 is 0 Å². The van der Waals surface area contributed by atoms with Crippen molar-refractivity contribution in [2.45, 2.75) is 32.2 Å². The average Bonchev–Trinajstić information content (AvgIpc) is 2.35. The summed E-state index contributed by atoms with van der Waals surface area (Å²) in [5, 5.41) is 12.0. The summed E-state index contributed by atoms with van der Waals surface area (Å²) in [6, 6.07) is 8.41. The van der Waals surface area contributed by atoms with E-state index in [1.165, 1.54) is 5.56 Å². The van der Waals surface area contributed by atoms with Gasteiger partial charge in [0.1, 0.15) is 5.75 Å². The molecule has 1 N–H and O–H groups in total. The molecule has 0 aliphatic rings. The molecule has 0 spiro atoms. The van der Waals surface area contributed by atoms with Gasteiger partial charge < -0.3 is 10.1 Å². The predicted molar refractivity (Wildman–Crippen MR) is 69.1 cm³/mol. The van der Waals surface area contributed by atoms with Crippen LogP contribution in [0.2, 0.25) is 0 Å². The first-order valence-corrected chi connectivity index (χ1v) is 5.86. The highest BCUT2D eigenvalue weighted by Gasteiger charge is 2.13. The van der Waals surface area contributed by atoms with Crippen LogP contribution in [0.15, 0.2) is 18.2 Å². The van der Waals surface area contributed by atoms with Crippen molar-refractivity contribution < 1.29 is 4.74 Å². The van der Waals surface area contributed by atoms with E-state index in [1.807, 2.05) is 19.2 Å². The summed E-state index contributed by atoms with van der Waals surface area (Å²) in [4.78, 5) is 0. The molecule has 0 bridgehead atoms. The number of rotatable bonds is 5. The van der Waals surface area contributed by atoms with Gasteiger partial charge in [0.15, 0.2) is 0 Å². The van der Waals surface area contributed by atoms with Gasteiger partial charge in [-0.2, -0.15) is 5.26 Å². The monoisotopic (exact) mass is 232 g/mol. The van der Waals surface area contributed by atoms with E-state index in [-0.39, 0.29) is 6.04 Å². The minimum absolute atomic E-state index is 0.0865. The van der Waals surface area contributed by atoms with Crippen LogP contribution in [0, 0.1) is 11.3 Å². The fourth-order valence-corrected chi connectivity index (χ4v) is 1.90. The van der Waals surface area contributed by atoms with Crippen LogP contribution in [0.25, 0.3) is 0 Å².